The zero-order valence-electron chi connectivity index (χ0n) is 31.5. The van der Waals surface area contributed by atoms with Gasteiger partial charge in [0.1, 0.15) is 29.0 Å². The monoisotopic (exact) mass is 842 g/mol. The molecule has 2 heterocycles. The Labute approximate surface area is 367 Å². The van der Waals surface area contributed by atoms with Gasteiger partial charge in [0.05, 0.1) is 70.5 Å². The maximum atomic E-state index is 12.1. The van der Waals surface area contributed by atoms with Crippen molar-refractivity contribution in [3.63, 3.8) is 0 Å². The number of allylic oxidation sites excluding steroid dienone is 3. The van der Waals surface area contributed by atoms with Gasteiger partial charge in [-0.1, -0.05) is 12.2 Å². The largest absolute Gasteiger partial charge is 1.00 e. The van der Waals surface area contributed by atoms with Crippen LogP contribution in [-0.4, -0.2) is 108 Å². The first-order chi connectivity index (χ1) is 25.0. The van der Waals surface area contributed by atoms with Gasteiger partial charge in [-0.25, -0.2) is 29.8 Å². The summed E-state index contributed by atoms with van der Waals surface area (Å²) in [6, 6.07) is 11.4. The first-order valence-electron chi connectivity index (χ1n) is 17.0. The van der Waals surface area contributed by atoms with E-state index in [1.54, 1.807) is 19.1 Å². The standard InChI is InChI=1S/C35H46N2O13S3.2Na/c1-3-36(15-6-24-52(42,43)44)28-9-11-30-27(13-18-50-33(30)25-28)7-4-8-34-35(2,14-5-23-51(39,40)41)31-26-29(53(45,46)47)10-12-32(31)37(34)16-19-48-21-22-49-20-17-38;;/h4,7-13,18,25-26,38H,3,5-6,14-17,19-24H2,1-2H3,(H2-,39,40,41,42,43,44,45,46,47);;/q;2*+1/p-2. The topological polar surface area (TPSA) is 230 Å². The zero-order valence-corrected chi connectivity index (χ0v) is 38.0. The van der Waals surface area contributed by atoms with Crippen molar-refractivity contribution >= 4 is 42.1 Å². The molecule has 0 fully saturated rings. The van der Waals surface area contributed by atoms with Gasteiger partial charge in [-0.05, 0) is 74.2 Å². The maximum absolute atomic E-state index is 12.1. The van der Waals surface area contributed by atoms with E-state index in [9.17, 15) is 38.9 Å². The van der Waals surface area contributed by atoms with E-state index in [-0.39, 0.29) is 118 Å². The molecule has 4 rings (SSSR count). The van der Waals surface area contributed by atoms with Crippen molar-refractivity contribution in [1.29, 1.82) is 0 Å². The second-order valence-electron chi connectivity index (χ2n) is 12.6. The molecule has 3 aliphatic rings. The predicted octanol–water partition coefficient (Wildman–Crippen LogP) is -3.95. The molecule has 2 aliphatic heterocycles. The smallest absolute Gasteiger partial charge is 0.748 e. The molecule has 1 aromatic carbocycles. The molecule has 1 unspecified atom stereocenters. The van der Waals surface area contributed by atoms with Gasteiger partial charge in [0.25, 0.3) is 0 Å². The van der Waals surface area contributed by atoms with Crippen LogP contribution in [-0.2, 0) is 45.2 Å². The molecule has 0 spiro atoms. The quantitative estimate of drug-likeness (QED) is 0.0496. The van der Waals surface area contributed by atoms with E-state index in [2.05, 4.69) is 0 Å². The van der Waals surface area contributed by atoms with Crippen LogP contribution in [0.4, 0.5) is 5.69 Å². The fraction of sp³-hybridized carbons (Fsp3) is 0.457. The average molecular weight is 843 g/mol. The van der Waals surface area contributed by atoms with E-state index >= 15 is 0 Å². The molecule has 15 nitrogen and oxygen atoms in total. The van der Waals surface area contributed by atoms with Crippen LogP contribution in [0.5, 0.6) is 0 Å². The van der Waals surface area contributed by atoms with Crippen LogP contribution in [0.2, 0.25) is 0 Å². The van der Waals surface area contributed by atoms with Crippen molar-refractivity contribution in [2.45, 2.75) is 43.4 Å². The number of aliphatic hydroxyl groups excluding tert-OH is 1. The molecule has 0 amide bonds. The Morgan fingerprint density at radius 1 is 0.891 bits per heavy atom. The summed E-state index contributed by atoms with van der Waals surface area (Å²) < 4.78 is 123. The third-order valence-corrected chi connectivity index (χ3v) is 11.4. The molecule has 1 aromatic rings. The van der Waals surface area contributed by atoms with E-state index in [0.29, 0.717) is 35.8 Å². The van der Waals surface area contributed by atoms with Crippen molar-refractivity contribution < 1.29 is 117 Å². The summed E-state index contributed by atoms with van der Waals surface area (Å²) in [6.07, 6.45) is 7.26. The van der Waals surface area contributed by atoms with Crippen LogP contribution >= 0.6 is 0 Å². The number of hydrogen-bond acceptors (Lipinski definition) is 14. The fourth-order valence-corrected chi connectivity index (χ4v) is 7.92. The minimum Gasteiger partial charge on any atom is -0.748 e. The van der Waals surface area contributed by atoms with Gasteiger partial charge >= 0.3 is 59.1 Å². The molecule has 0 radical (unpaired) electrons. The molecule has 0 saturated carbocycles. The molecular weight excluding hydrogens is 799 g/mol. The number of anilines is 1. The summed E-state index contributed by atoms with van der Waals surface area (Å²) in [5.41, 5.74) is 2.25. The van der Waals surface area contributed by atoms with Gasteiger partial charge in [0, 0.05) is 52.9 Å². The summed E-state index contributed by atoms with van der Waals surface area (Å²) in [4.78, 5) is 1.47. The Hall–Kier alpha value is -1.46. The van der Waals surface area contributed by atoms with Crippen LogP contribution in [0.3, 0.4) is 0 Å². The van der Waals surface area contributed by atoms with Gasteiger partial charge in [0.15, 0.2) is 0 Å². The van der Waals surface area contributed by atoms with Crippen LogP contribution in [0, 0.1) is 0 Å². The van der Waals surface area contributed by atoms with E-state index in [0.717, 1.165) is 16.5 Å². The average Bonchev–Trinajstić information content (AvgIpc) is 3.30. The van der Waals surface area contributed by atoms with Crippen LogP contribution in [0.25, 0.3) is 17.4 Å². The SMILES string of the molecule is CC[N+](CCCS(=O)(=O)[O-])=c1ccc2c(/C=C/C=C3/N(CCOCCOCCO)c4ccc(S(=O)(=O)[O-])cc4C3(C)CCCS(=O)(=O)[O-])ccoc-2c1.[Na+].[Na+]. The number of rotatable bonds is 20. The maximum Gasteiger partial charge on any atom is 1.00 e. The molecule has 20 heteroatoms. The normalized spacial score (nSPS) is 17.3. The number of nitrogens with zero attached hydrogens (tertiary/aromatic N) is 2. The molecule has 292 valence electrons. The third-order valence-electron chi connectivity index (χ3n) is 8.95. The van der Waals surface area contributed by atoms with Crippen molar-refractivity contribution in [2.24, 2.45) is 0 Å². The Morgan fingerprint density at radius 3 is 2.20 bits per heavy atom. The van der Waals surface area contributed by atoms with Gasteiger partial charge in [-0.3, -0.25) is 0 Å². The van der Waals surface area contributed by atoms with Crippen LogP contribution in [0.15, 0.2) is 75.9 Å². The first-order valence-corrected chi connectivity index (χ1v) is 21.5. The Kier molecular flexibility index (Phi) is 19.9. The molecule has 0 bridgehead atoms. The number of ether oxygens (including phenoxy) is 2. The summed E-state index contributed by atoms with van der Waals surface area (Å²) in [5, 5.41) is 9.70. The van der Waals surface area contributed by atoms with Gasteiger partial charge in [-0.15, -0.1) is 0 Å². The van der Waals surface area contributed by atoms with Crippen LogP contribution < -0.4 is 73.9 Å². The van der Waals surface area contributed by atoms with Crippen molar-refractivity contribution in [1.82, 2.24) is 4.58 Å². The number of fused-ring (bicyclic) bond motifs is 2. The molecule has 1 atom stereocenters. The number of benzene rings is 2. The first kappa shape index (κ1) is 49.7. The van der Waals surface area contributed by atoms with E-state index < -0.39 is 52.2 Å². The summed E-state index contributed by atoms with van der Waals surface area (Å²) in [5.74, 6) is -0.541. The molecule has 0 aromatic heterocycles. The molecule has 55 heavy (non-hydrogen) atoms. The van der Waals surface area contributed by atoms with Gasteiger partial charge in [0.2, 0.25) is 5.36 Å². The minimum absolute atomic E-state index is 0. The minimum atomic E-state index is -4.83. The van der Waals surface area contributed by atoms with Gasteiger partial charge < -0.3 is 37.6 Å². The molecule has 1 N–H and O–H groups in total. The second kappa shape index (κ2) is 22.1. The van der Waals surface area contributed by atoms with Crippen molar-refractivity contribution in [2.75, 3.05) is 69.1 Å². The van der Waals surface area contributed by atoms with E-state index in [1.807, 2.05) is 46.8 Å². The Balaban J connectivity index is 0.00000523. The van der Waals surface area contributed by atoms with Gasteiger partial charge in [-0.2, -0.15) is 0 Å². The predicted molar refractivity (Wildman–Crippen MR) is 194 cm³/mol. The van der Waals surface area contributed by atoms with E-state index in [4.69, 9.17) is 19.0 Å². The van der Waals surface area contributed by atoms with Crippen molar-refractivity contribution in [3.05, 3.63) is 83.1 Å². The number of hydrogen-bond donors (Lipinski definition) is 1. The molecule has 1 aliphatic carbocycles. The zero-order chi connectivity index (χ0) is 38.9. The summed E-state index contributed by atoms with van der Waals surface area (Å²) in [6.45, 7) is 5.71. The fourth-order valence-electron chi connectivity index (χ4n) is 6.44. The summed E-state index contributed by atoms with van der Waals surface area (Å²) >= 11 is 0. The molecule has 0 saturated heterocycles. The van der Waals surface area contributed by atoms with E-state index in [1.165, 1.54) is 24.5 Å². The Bertz CT molecular complexity index is 2170. The van der Waals surface area contributed by atoms with Crippen molar-refractivity contribution in [3.8, 4) is 11.3 Å². The Morgan fingerprint density at radius 2 is 1.56 bits per heavy atom. The molecular formula is C35H44N2Na2O13S3. The summed E-state index contributed by atoms with van der Waals surface area (Å²) in [7, 11) is -13.7. The number of aliphatic hydroxyl groups is 1. The second-order valence-corrected chi connectivity index (χ2v) is 17.0. The van der Waals surface area contributed by atoms with Crippen LogP contribution in [0.1, 0.15) is 44.2 Å². The third kappa shape index (κ3) is 14.4.